The Bertz CT molecular complexity index is 537. The Labute approximate surface area is 96.7 Å². The van der Waals surface area contributed by atoms with Gasteiger partial charge in [-0.2, -0.15) is 0 Å². The molecule has 1 atom stereocenters. The van der Waals surface area contributed by atoms with Crippen molar-refractivity contribution in [1.82, 2.24) is 9.55 Å². The fourth-order valence-electron chi connectivity index (χ4n) is 1.52. The molecule has 0 bridgehead atoms. The van der Waals surface area contributed by atoms with Gasteiger partial charge in [0.1, 0.15) is 0 Å². The molecule has 17 heavy (non-hydrogen) atoms. The molecule has 1 heterocycles. The van der Waals surface area contributed by atoms with Gasteiger partial charge in [-0.1, -0.05) is 0 Å². The lowest BCUT2D eigenvalue weighted by Gasteiger charge is -2.11. The molecule has 1 unspecified atom stereocenters. The Morgan fingerprint density at radius 1 is 1.35 bits per heavy atom. The molecular weight excluding hydrogens is 226 g/mol. The molecule has 0 aliphatic carbocycles. The lowest BCUT2D eigenvalue weighted by Crippen LogP contribution is -2.15. The first-order valence-corrected chi connectivity index (χ1v) is 5.06. The van der Waals surface area contributed by atoms with Crippen LogP contribution in [0.2, 0.25) is 0 Å². The summed E-state index contributed by atoms with van der Waals surface area (Å²) in [5.41, 5.74) is 0.144. The zero-order chi connectivity index (χ0) is 12.4. The van der Waals surface area contributed by atoms with Crippen molar-refractivity contribution in [2.75, 3.05) is 0 Å². The minimum atomic E-state index is -1.02. The smallest absolute Gasteiger partial charge is 0.185 e. The maximum Gasteiger partial charge on any atom is 0.185 e. The van der Waals surface area contributed by atoms with Crippen LogP contribution in [0.1, 0.15) is 23.3 Å². The fraction of sp³-hybridized carbons (Fsp3) is 0.167. The molecule has 1 aromatic carbocycles. The molecule has 88 valence electrons. The molecule has 0 saturated heterocycles. The van der Waals surface area contributed by atoms with Crippen LogP contribution in [0.15, 0.2) is 36.9 Å². The molecule has 3 nitrogen and oxygen atoms in total. The zero-order valence-electron chi connectivity index (χ0n) is 9.10. The molecule has 0 aliphatic heterocycles. The van der Waals surface area contributed by atoms with Crippen LogP contribution in [0.25, 0.3) is 0 Å². The number of benzene rings is 1. The van der Waals surface area contributed by atoms with E-state index in [9.17, 15) is 13.6 Å². The second-order valence-corrected chi connectivity index (χ2v) is 3.68. The largest absolute Gasteiger partial charge is 0.327 e. The summed E-state index contributed by atoms with van der Waals surface area (Å²) in [5.74, 6) is -2.27. The predicted molar refractivity (Wildman–Crippen MR) is 57.6 cm³/mol. The Morgan fingerprint density at radius 3 is 2.71 bits per heavy atom. The number of hydrogen-bond acceptors (Lipinski definition) is 2. The summed E-state index contributed by atoms with van der Waals surface area (Å²) in [5, 5.41) is 0. The van der Waals surface area contributed by atoms with Crippen LogP contribution in [0.4, 0.5) is 8.78 Å². The zero-order valence-corrected chi connectivity index (χ0v) is 9.10. The van der Waals surface area contributed by atoms with Crippen LogP contribution in [0.5, 0.6) is 0 Å². The number of ketones is 1. The van der Waals surface area contributed by atoms with Crippen molar-refractivity contribution in [3.05, 3.63) is 54.1 Å². The molecule has 0 N–H and O–H groups in total. The highest BCUT2D eigenvalue weighted by molar-refractivity contribution is 5.98. The van der Waals surface area contributed by atoms with Crippen LogP contribution in [0, 0.1) is 11.6 Å². The van der Waals surface area contributed by atoms with E-state index in [0.717, 1.165) is 12.1 Å². The van der Waals surface area contributed by atoms with Gasteiger partial charge in [0.25, 0.3) is 0 Å². The standard InChI is InChI=1S/C12H10F2N2O/c1-8(16-5-4-15-7-16)12(17)9-2-3-10(13)11(14)6-9/h2-8H,1H3. The van der Waals surface area contributed by atoms with Crippen LogP contribution >= 0.6 is 0 Å². The molecule has 0 spiro atoms. The second-order valence-electron chi connectivity index (χ2n) is 3.68. The first-order valence-electron chi connectivity index (χ1n) is 5.06. The van der Waals surface area contributed by atoms with Crippen molar-refractivity contribution in [3.63, 3.8) is 0 Å². The van der Waals surface area contributed by atoms with Gasteiger partial charge in [-0.3, -0.25) is 4.79 Å². The summed E-state index contributed by atoms with van der Waals surface area (Å²) in [7, 11) is 0. The van der Waals surface area contributed by atoms with E-state index in [1.807, 2.05) is 0 Å². The molecule has 5 heteroatoms. The van der Waals surface area contributed by atoms with Crippen molar-refractivity contribution < 1.29 is 13.6 Å². The lowest BCUT2D eigenvalue weighted by atomic mass is 10.1. The third-order valence-corrected chi connectivity index (χ3v) is 2.56. The number of Topliss-reactive ketones (excluding diaryl/α,β-unsaturated/α-hetero) is 1. The van der Waals surface area contributed by atoms with Gasteiger partial charge in [0, 0.05) is 18.0 Å². The average molecular weight is 236 g/mol. The lowest BCUT2D eigenvalue weighted by molar-refractivity contribution is 0.0934. The topological polar surface area (TPSA) is 34.9 Å². The maximum absolute atomic E-state index is 13.0. The summed E-state index contributed by atoms with van der Waals surface area (Å²) >= 11 is 0. The molecule has 0 amide bonds. The number of carbonyl (C=O) groups is 1. The van der Waals surface area contributed by atoms with Crippen molar-refractivity contribution in [2.45, 2.75) is 13.0 Å². The predicted octanol–water partition coefficient (Wildman–Crippen LogP) is 2.61. The Balaban J connectivity index is 2.28. The molecule has 0 radical (unpaired) electrons. The highest BCUT2D eigenvalue weighted by Crippen LogP contribution is 2.16. The summed E-state index contributed by atoms with van der Waals surface area (Å²) in [6.45, 7) is 1.67. The maximum atomic E-state index is 13.0. The van der Waals surface area contributed by atoms with Gasteiger partial charge in [-0.15, -0.1) is 0 Å². The van der Waals surface area contributed by atoms with E-state index in [0.29, 0.717) is 0 Å². The number of nitrogens with zero attached hydrogens (tertiary/aromatic N) is 2. The van der Waals surface area contributed by atoms with Crippen LogP contribution < -0.4 is 0 Å². The van der Waals surface area contributed by atoms with Crippen LogP contribution in [-0.4, -0.2) is 15.3 Å². The first-order chi connectivity index (χ1) is 8.09. The number of halogens is 2. The first kappa shape index (κ1) is 11.4. The van der Waals surface area contributed by atoms with Gasteiger partial charge >= 0.3 is 0 Å². The Morgan fingerprint density at radius 2 is 2.12 bits per heavy atom. The van der Waals surface area contributed by atoms with Crippen LogP contribution in [-0.2, 0) is 0 Å². The van der Waals surface area contributed by atoms with Crippen LogP contribution in [0.3, 0.4) is 0 Å². The summed E-state index contributed by atoms with van der Waals surface area (Å²) in [4.78, 5) is 15.8. The fourth-order valence-corrected chi connectivity index (χ4v) is 1.52. The van der Waals surface area contributed by atoms with Gasteiger partial charge in [0.2, 0.25) is 0 Å². The number of imidazole rings is 1. The summed E-state index contributed by atoms with van der Waals surface area (Å²) in [6.07, 6.45) is 4.69. The van der Waals surface area contributed by atoms with Crippen molar-refractivity contribution >= 4 is 5.78 Å². The summed E-state index contributed by atoms with van der Waals surface area (Å²) in [6, 6.07) is 2.63. The van der Waals surface area contributed by atoms with Gasteiger partial charge in [0.15, 0.2) is 17.4 Å². The summed E-state index contributed by atoms with van der Waals surface area (Å²) < 4.78 is 27.3. The van der Waals surface area contributed by atoms with Gasteiger partial charge in [-0.25, -0.2) is 13.8 Å². The highest BCUT2D eigenvalue weighted by Gasteiger charge is 2.17. The molecule has 0 aliphatic rings. The van der Waals surface area contributed by atoms with Gasteiger partial charge in [-0.05, 0) is 25.1 Å². The minimum Gasteiger partial charge on any atom is -0.327 e. The van der Waals surface area contributed by atoms with Gasteiger partial charge < -0.3 is 4.57 Å². The van der Waals surface area contributed by atoms with Crippen molar-refractivity contribution in [2.24, 2.45) is 0 Å². The monoisotopic (exact) mass is 236 g/mol. The van der Waals surface area contributed by atoms with Crippen molar-refractivity contribution in [1.29, 1.82) is 0 Å². The molecular formula is C12H10F2N2O. The highest BCUT2D eigenvalue weighted by atomic mass is 19.2. The Kier molecular flexibility index (Phi) is 2.99. The Hall–Kier alpha value is -2.04. The van der Waals surface area contributed by atoms with E-state index in [4.69, 9.17) is 0 Å². The SMILES string of the molecule is CC(C(=O)c1ccc(F)c(F)c1)n1ccnc1. The third kappa shape index (κ3) is 2.22. The molecule has 2 aromatic rings. The number of rotatable bonds is 3. The van der Waals surface area contributed by atoms with Gasteiger partial charge in [0.05, 0.1) is 12.4 Å². The average Bonchev–Trinajstić information content (AvgIpc) is 2.84. The minimum absolute atomic E-state index is 0.144. The second kappa shape index (κ2) is 4.45. The van der Waals surface area contributed by atoms with E-state index in [1.54, 1.807) is 23.9 Å². The molecule has 0 fully saturated rings. The van der Waals surface area contributed by atoms with E-state index in [-0.39, 0.29) is 11.3 Å². The number of hydrogen-bond donors (Lipinski definition) is 0. The third-order valence-electron chi connectivity index (χ3n) is 2.56. The molecule has 0 saturated carbocycles. The normalized spacial score (nSPS) is 12.4. The van der Waals surface area contributed by atoms with E-state index in [1.165, 1.54) is 12.4 Å². The van der Waals surface area contributed by atoms with E-state index in [2.05, 4.69) is 4.98 Å². The van der Waals surface area contributed by atoms with E-state index >= 15 is 0 Å². The quantitative estimate of drug-likeness (QED) is 0.768. The molecule has 2 rings (SSSR count). The number of aromatic nitrogens is 2. The van der Waals surface area contributed by atoms with Crippen molar-refractivity contribution in [3.8, 4) is 0 Å². The number of carbonyl (C=O) groups excluding carboxylic acids is 1. The molecule has 1 aromatic heterocycles. The van der Waals surface area contributed by atoms with E-state index < -0.39 is 17.7 Å².